The molecule has 84 valence electrons. The van der Waals surface area contributed by atoms with Crippen molar-refractivity contribution in [2.24, 2.45) is 11.7 Å². The Balaban J connectivity index is 2.67. The molecule has 1 unspecified atom stereocenters. The van der Waals surface area contributed by atoms with Gasteiger partial charge in [-0.1, -0.05) is 44.2 Å². The molecule has 2 rings (SSSR count). The first-order chi connectivity index (χ1) is 7.61. The van der Waals surface area contributed by atoms with Crippen LogP contribution in [0.3, 0.4) is 0 Å². The second-order valence-corrected chi connectivity index (χ2v) is 4.49. The SMILES string of the molecule is CC(C)C(N)c1ccc(O)c2ccccc12. The van der Waals surface area contributed by atoms with Crippen molar-refractivity contribution in [2.75, 3.05) is 0 Å². The zero-order chi connectivity index (χ0) is 11.7. The average molecular weight is 215 g/mol. The number of rotatable bonds is 2. The number of aromatic hydroxyl groups is 1. The first kappa shape index (κ1) is 11.0. The number of phenols is 1. The third-order valence-corrected chi connectivity index (χ3v) is 3.01. The fraction of sp³-hybridized carbons (Fsp3) is 0.286. The Kier molecular flexibility index (Phi) is 2.84. The third-order valence-electron chi connectivity index (χ3n) is 3.01. The summed E-state index contributed by atoms with van der Waals surface area (Å²) in [5.74, 6) is 0.697. The number of fused-ring (bicyclic) bond motifs is 1. The van der Waals surface area contributed by atoms with Crippen molar-refractivity contribution in [1.82, 2.24) is 0 Å². The summed E-state index contributed by atoms with van der Waals surface area (Å²) in [4.78, 5) is 0. The molecule has 2 nitrogen and oxygen atoms in total. The molecule has 2 aromatic carbocycles. The smallest absolute Gasteiger partial charge is 0.123 e. The van der Waals surface area contributed by atoms with Gasteiger partial charge in [0.2, 0.25) is 0 Å². The maximum atomic E-state index is 9.78. The van der Waals surface area contributed by atoms with Crippen LogP contribution in [0, 0.1) is 5.92 Å². The Labute approximate surface area is 95.7 Å². The predicted octanol–water partition coefficient (Wildman–Crippen LogP) is 3.20. The standard InChI is InChI=1S/C14H17NO/c1-9(2)14(15)12-7-8-13(16)11-6-4-3-5-10(11)12/h3-9,14,16H,15H2,1-2H3. The third kappa shape index (κ3) is 1.76. The van der Waals surface area contributed by atoms with Crippen LogP contribution in [0.4, 0.5) is 0 Å². The largest absolute Gasteiger partial charge is 0.507 e. The second-order valence-electron chi connectivity index (χ2n) is 4.49. The number of nitrogens with two attached hydrogens (primary N) is 1. The van der Waals surface area contributed by atoms with Crippen LogP contribution < -0.4 is 5.73 Å². The minimum atomic E-state index is 0.00509. The molecule has 0 radical (unpaired) electrons. The van der Waals surface area contributed by atoms with Crippen molar-refractivity contribution in [3.05, 3.63) is 42.0 Å². The Bertz CT molecular complexity index is 505. The molecule has 0 fully saturated rings. The summed E-state index contributed by atoms with van der Waals surface area (Å²) >= 11 is 0. The van der Waals surface area contributed by atoms with Gasteiger partial charge in [0.15, 0.2) is 0 Å². The van der Waals surface area contributed by atoms with Gasteiger partial charge in [-0.05, 0) is 22.9 Å². The second kappa shape index (κ2) is 4.14. The summed E-state index contributed by atoms with van der Waals surface area (Å²) in [7, 11) is 0. The highest BCUT2D eigenvalue weighted by Crippen LogP contribution is 2.32. The zero-order valence-corrected chi connectivity index (χ0v) is 9.64. The molecule has 2 heteroatoms. The first-order valence-electron chi connectivity index (χ1n) is 5.57. The van der Waals surface area contributed by atoms with E-state index in [4.69, 9.17) is 5.73 Å². The Hall–Kier alpha value is -1.54. The molecule has 3 N–H and O–H groups in total. The molecule has 0 aliphatic carbocycles. The molecular weight excluding hydrogens is 198 g/mol. The Morgan fingerprint density at radius 2 is 1.62 bits per heavy atom. The van der Waals surface area contributed by atoms with Gasteiger partial charge in [-0.25, -0.2) is 0 Å². The summed E-state index contributed by atoms with van der Waals surface area (Å²) in [6.45, 7) is 4.21. The van der Waals surface area contributed by atoms with Gasteiger partial charge in [-0.2, -0.15) is 0 Å². The van der Waals surface area contributed by atoms with Crippen molar-refractivity contribution in [2.45, 2.75) is 19.9 Å². The molecule has 0 amide bonds. The van der Waals surface area contributed by atoms with Gasteiger partial charge < -0.3 is 10.8 Å². The lowest BCUT2D eigenvalue weighted by Crippen LogP contribution is -2.16. The number of hydrogen-bond acceptors (Lipinski definition) is 2. The minimum Gasteiger partial charge on any atom is -0.507 e. The topological polar surface area (TPSA) is 46.2 Å². The maximum absolute atomic E-state index is 9.78. The zero-order valence-electron chi connectivity index (χ0n) is 9.64. The van der Waals surface area contributed by atoms with Crippen LogP contribution in [-0.2, 0) is 0 Å². The lowest BCUT2D eigenvalue weighted by Gasteiger charge is -2.18. The van der Waals surface area contributed by atoms with Gasteiger partial charge in [-0.15, -0.1) is 0 Å². The van der Waals surface area contributed by atoms with E-state index in [2.05, 4.69) is 13.8 Å². The van der Waals surface area contributed by atoms with Gasteiger partial charge in [0, 0.05) is 11.4 Å². The molecule has 0 aromatic heterocycles. The van der Waals surface area contributed by atoms with Crippen LogP contribution in [0.1, 0.15) is 25.5 Å². The number of phenolic OH excluding ortho intramolecular Hbond substituents is 1. The van der Waals surface area contributed by atoms with Crippen molar-refractivity contribution in [3.63, 3.8) is 0 Å². The van der Waals surface area contributed by atoms with E-state index in [-0.39, 0.29) is 6.04 Å². The maximum Gasteiger partial charge on any atom is 0.123 e. The highest BCUT2D eigenvalue weighted by atomic mass is 16.3. The van der Waals surface area contributed by atoms with E-state index in [1.165, 1.54) is 0 Å². The predicted molar refractivity (Wildman–Crippen MR) is 67.4 cm³/mol. The normalized spacial score (nSPS) is 13.2. The molecule has 0 heterocycles. The molecule has 0 bridgehead atoms. The average Bonchev–Trinajstić information content (AvgIpc) is 2.29. The van der Waals surface area contributed by atoms with Gasteiger partial charge in [0.05, 0.1) is 0 Å². The van der Waals surface area contributed by atoms with Crippen LogP contribution in [0.2, 0.25) is 0 Å². The summed E-state index contributed by atoms with van der Waals surface area (Å²) in [6.07, 6.45) is 0. The van der Waals surface area contributed by atoms with Gasteiger partial charge in [-0.3, -0.25) is 0 Å². The summed E-state index contributed by atoms with van der Waals surface area (Å²) < 4.78 is 0. The van der Waals surface area contributed by atoms with Crippen LogP contribution >= 0.6 is 0 Å². The first-order valence-corrected chi connectivity index (χ1v) is 5.57. The van der Waals surface area contributed by atoms with Gasteiger partial charge in [0.25, 0.3) is 0 Å². The Morgan fingerprint density at radius 3 is 2.25 bits per heavy atom. The number of hydrogen-bond donors (Lipinski definition) is 2. The van der Waals surface area contributed by atoms with E-state index in [1.54, 1.807) is 6.07 Å². The van der Waals surface area contributed by atoms with Crippen LogP contribution in [0.5, 0.6) is 5.75 Å². The van der Waals surface area contributed by atoms with Crippen molar-refractivity contribution >= 4 is 10.8 Å². The fourth-order valence-corrected chi connectivity index (χ4v) is 1.96. The van der Waals surface area contributed by atoms with Crippen LogP contribution in [-0.4, -0.2) is 5.11 Å². The molecule has 0 spiro atoms. The summed E-state index contributed by atoms with van der Waals surface area (Å²) in [5.41, 5.74) is 7.27. The Morgan fingerprint density at radius 1 is 1.00 bits per heavy atom. The quantitative estimate of drug-likeness (QED) is 0.808. The molecule has 0 saturated carbocycles. The van der Waals surface area contributed by atoms with Gasteiger partial charge >= 0.3 is 0 Å². The number of benzene rings is 2. The van der Waals surface area contributed by atoms with E-state index in [9.17, 15) is 5.11 Å². The molecule has 0 saturated heterocycles. The van der Waals surface area contributed by atoms with E-state index in [1.807, 2.05) is 30.3 Å². The molecule has 1 atom stereocenters. The van der Waals surface area contributed by atoms with Crippen molar-refractivity contribution in [3.8, 4) is 5.75 Å². The van der Waals surface area contributed by atoms with Crippen LogP contribution in [0.25, 0.3) is 10.8 Å². The van der Waals surface area contributed by atoms with E-state index in [0.717, 1.165) is 16.3 Å². The van der Waals surface area contributed by atoms with E-state index < -0.39 is 0 Å². The van der Waals surface area contributed by atoms with Crippen molar-refractivity contribution in [1.29, 1.82) is 0 Å². The molecule has 2 aromatic rings. The highest BCUT2D eigenvalue weighted by Gasteiger charge is 2.14. The monoisotopic (exact) mass is 215 g/mol. The fourth-order valence-electron chi connectivity index (χ4n) is 1.96. The minimum absolute atomic E-state index is 0.00509. The summed E-state index contributed by atoms with van der Waals surface area (Å²) in [6, 6.07) is 11.5. The lowest BCUT2D eigenvalue weighted by atomic mass is 9.92. The highest BCUT2D eigenvalue weighted by molar-refractivity contribution is 5.91. The van der Waals surface area contributed by atoms with E-state index >= 15 is 0 Å². The molecule has 0 aliphatic heterocycles. The lowest BCUT2D eigenvalue weighted by molar-refractivity contribution is 0.480. The molecule has 16 heavy (non-hydrogen) atoms. The summed E-state index contributed by atoms with van der Waals surface area (Å²) in [5, 5.41) is 11.7. The van der Waals surface area contributed by atoms with Gasteiger partial charge in [0.1, 0.15) is 5.75 Å². The molecular formula is C14H17NO. The van der Waals surface area contributed by atoms with Crippen molar-refractivity contribution < 1.29 is 5.11 Å². The van der Waals surface area contributed by atoms with Crippen LogP contribution in [0.15, 0.2) is 36.4 Å². The molecule has 0 aliphatic rings. The van der Waals surface area contributed by atoms with E-state index in [0.29, 0.717) is 11.7 Å².